The topological polar surface area (TPSA) is 34.9 Å². The van der Waals surface area contributed by atoms with Gasteiger partial charge in [0.15, 0.2) is 5.78 Å². The van der Waals surface area contributed by atoms with Gasteiger partial charge < -0.3 is 4.57 Å². The number of nitrogens with zero attached hydrogens (tertiary/aromatic N) is 2. The molecule has 62 valence electrons. The SMILES string of the molecule is Br.Cn1cncc1C(=O)CBr. The Morgan fingerprint density at radius 2 is 2.45 bits per heavy atom. The maximum atomic E-state index is 11.0. The summed E-state index contributed by atoms with van der Waals surface area (Å²) in [4.78, 5) is 14.8. The minimum absolute atomic E-state index is 0. The van der Waals surface area contributed by atoms with Crippen molar-refractivity contribution in [3.05, 3.63) is 18.2 Å². The molecule has 1 rings (SSSR count). The number of ketones is 1. The minimum Gasteiger partial charge on any atom is -0.331 e. The van der Waals surface area contributed by atoms with Crippen LogP contribution in [0.1, 0.15) is 10.5 Å². The summed E-state index contributed by atoms with van der Waals surface area (Å²) in [6.07, 6.45) is 3.17. The Hall–Kier alpha value is -0.160. The molecule has 0 amide bonds. The Morgan fingerprint density at radius 3 is 2.82 bits per heavy atom. The molecule has 0 N–H and O–H groups in total. The predicted octanol–water partition coefficient (Wildman–Crippen LogP) is 1.58. The van der Waals surface area contributed by atoms with Crippen LogP contribution in [0.5, 0.6) is 0 Å². The zero-order valence-corrected chi connectivity index (χ0v) is 9.25. The number of hydrogen-bond acceptors (Lipinski definition) is 2. The van der Waals surface area contributed by atoms with Crippen LogP contribution in [0, 0.1) is 0 Å². The highest BCUT2D eigenvalue weighted by atomic mass is 79.9. The van der Waals surface area contributed by atoms with Crippen LogP contribution in [0.2, 0.25) is 0 Å². The summed E-state index contributed by atoms with van der Waals surface area (Å²) >= 11 is 3.08. The monoisotopic (exact) mass is 282 g/mol. The van der Waals surface area contributed by atoms with E-state index in [1.54, 1.807) is 24.1 Å². The number of halogens is 2. The molecule has 0 aliphatic carbocycles. The van der Waals surface area contributed by atoms with Crippen molar-refractivity contribution in [3.63, 3.8) is 0 Å². The first kappa shape index (κ1) is 10.8. The van der Waals surface area contributed by atoms with E-state index in [-0.39, 0.29) is 22.8 Å². The highest BCUT2D eigenvalue weighted by Crippen LogP contribution is 1.99. The van der Waals surface area contributed by atoms with Crippen molar-refractivity contribution in [1.82, 2.24) is 9.55 Å². The maximum Gasteiger partial charge on any atom is 0.191 e. The fourth-order valence-electron chi connectivity index (χ4n) is 0.694. The molecule has 11 heavy (non-hydrogen) atoms. The largest absolute Gasteiger partial charge is 0.331 e. The summed E-state index contributed by atoms with van der Waals surface area (Å²) in [6, 6.07) is 0. The average Bonchev–Trinajstić information content (AvgIpc) is 2.34. The van der Waals surface area contributed by atoms with Gasteiger partial charge in [-0.05, 0) is 0 Å². The molecule has 0 aliphatic rings. The number of alkyl halides is 1. The molecule has 0 aromatic carbocycles. The molecule has 1 aromatic rings. The number of aromatic nitrogens is 2. The number of Topliss-reactive ketones (excluding diaryl/α,β-unsaturated/α-hetero) is 1. The molecule has 0 spiro atoms. The van der Waals surface area contributed by atoms with E-state index in [2.05, 4.69) is 20.9 Å². The van der Waals surface area contributed by atoms with Crippen molar-refractivity contribution in [1.29, 1.82) is 0 Å². The summed E-state index contributed by atoms with van der Waals surface area (Å²) in [5.74, 6) is 0.0556. The van der Waals surface area contributed by atoms with Crippen LogP contribution >= 0.6 is 32.9 Å². The van der Waals surface area contributed by atoms with E-state index in [4.69, 9.17) is 0 Å². The van der Waals surface area contributed by atoms with Gasteiger partial charge in [0.05, 0.1) is 17.9 Å². The molecule has 5 heteroatoms. The van der Waals surface area contributed by atoms with E-state index in [0.29, 0.717) is 11.0 Å². The van der Waals surface area contributed by atoms with Crippen LogP contribution in [0.25, 0.3) is 0 Å². The smallest absolute Gasteiger partial charge is 0.191 e. The second-order valence-electron chi connectivity index (χ2n) is 1.95. The molecule has 0 aliphatic heterocycles. The van der Waals surface area contributed by atoms with Crippen molar-refractivity contribution in [2.75, 3.05) is 5.33 Å². The van der Waals surface area contributed by atoms with Crippen molar-refractivity contribution in [2.24, 2.45) is 7.05 Å². The van der Waals surface area contributed by atoms with Crippen LogP contribution < -0.4 is 0 Å². The van der Waals surface area contributed by atoms with Crippen molar-refractivity contribution >= 4 is 38.7 Å². The van der Waals surface area contributed by atoms with Crippen LogP contribution in [-0.2, 0) is 7.05 Å². The van der Waals surface area contributed by atoms with Gasteiger partial charge in [-0.3, -0.25) is 4.79 Å². The van der Waals surface area contributed by atoms with Gasteiger partial charge in [-0.25, -0.2) is 4.98 Å². The third-order valence-corrected chi connectivity index (χ3v) is 1.73. The molecule has 0 saturated carbocycles. The molecule has 0 atom stereocenters. The lowest BCUT2D eigenvalue weighted by molar-refractivity contribution is 0.101. The van der Waals surface area contributed by atoms with E-state index in [9.17, 15) is 4.79 Å². The lowest BCUT2D eigenvalue weighted by atomic mass is 10.3. The molecule has 0 unspecified atom stereocenters. The van der Waals surface area contributed by atoms with Gasteiger partial charge in [-0.15, -0.1) is 17.0 Å². The minimum atomic E-state index is 0. The first-order valence-corrected chi connectivity index (χ1v) is 3.93. The number of rotatable bonds is 2. The third-order valence-electron chi connectivity index (χ3n) is 1.22. The van der Waals surface area contributed by atoms with E-state index >= 15 is 0 Å². The van der Waals surface area contributed by atoms with E-state index in [0.717, 1.165) is 0 Å². The number of aryl methyl sites for hydroxylation is 1. The normalized spacial score (nSPS) is 8.91. The summed E-state index contributed by atoms with van der Waals surface area (Å²) in [5.41, 5.74) is 0.636. The highest BCUT2D eigenvalue weighted by Gasteiger charge is 2.06. The van der Waals surface area contributed by atoms with E-state index < -0.39 is 0 Å². The standard InChI is InChI=1S/C6H7BrN2O.BrH/c1-9-4-8-3-5(9)6(10)2-7;/h3-4H,2H2,1H3;1H. The van der Waals surface area contributed by atoms with Crippen LogP contribution in [0.4, 0.5) is 0 Å². The summed E-state index contributed by atoms with van der Waals surface area (Å²) in [6.45, 7) is 0. The van der Waals surface area contributed by atoms with Gasteiger partial charge in [0, 0.05) is 7.05 Å². The van der Waals surface area contributed by atoms with Gasteiger partial charge >= 0.3 is 0 Å². The van der Waals surface area contributed by atoms with Crippen molar-refractivity contribution < 1.29 is 4.79 Å². The molecule has 0 radical (unpaired) electrons. The fourth-order valence-corrected chi connectivity index (χ4v) is 0.982. The summed E-state index contributed by atoms with van der Waals surface area (Å²) in [7, 11) is 1.79. The second-order valence-corrected chi connectivity index (χ2v) is 2.51. The average molecular weight is 284 g/mol. The number of carbonyl (C=O) groups is 1. The highest BCUT2D eigenvalue weighted by molar-refractivity contribution is 9.09. The number of hydrogen-bond donors (Lipinski definition) is 0. The Labute approximate surface area is 83.7 Å². The maximum absolute atomic E-state index is 11.0. The van der Waals surface area contributed by atoms with Crippen LogP contribution in [0.15, 0.2) is 12.5 Å². The van der Waals surface area contributed by atoms with Gasteiger partial charge in [0.25, 0.3) is 0 Å². The molecular weight excluding hydrogens is 276 g/mol. The first-order valence-electron chi connectivity index (χ1n) is 2.81. The van der Waals surface area contributed by atoms with Gasteiger partial charge in [-0.2, -0.15) is 0 Å². The molecule has 1 aromatic heterocycles. The first-order chi connectivity index (χ1) is 4.75. The van der Waals surface area contributed by atoms with Gasteiger partial charge in [0.1, 0.15) is 5.69 Å². The molecule has 0 bridgehead atoms. The Kier molecular flexibility index (Phi) is 4.60. The fraction of sp³-hybridized carbons (Fsp3) is 0.333. The Morgan fingerprint density at radius 1 is 1.82 bits per heavy atom. The lowest BCUT2D eigenvalue weighted by Gasteiger charge is -1.95. The van der Waals surface area contributed by atoms with Gasteiger partial charge in [-0.1, -0.05) is 15.9 Å². The zero-order valence-electron chi connectivity index (χ0n) is 5.95. The zero-order chi connectivity index (χ0) is 7.56. The third kappa shape index (κ3) is 2.41. The van der Waals surface area contributed by atoms with E-state index in [1.165, 1.54) is 0 Å². The second kappa shape index (κ2) is 4.66. The lowest BCUT2D eigenvalue weighted by Crippen LogP contribution is -2.05. The predicted molar refractivity (Wildman–Crippen MR) is 51.7 cm³/mol. The number of imidazole rings is 1. The van der Waals surface area contributed by atoms with Crippen molar-refractivity contribution in [3.8, 4) is 0 Å². The summed E-state index contributed by atoms with van der Waals surface area (Å²) < 4.78 is 1.70. The molecule has 1 heterocycles. The Balaban J connectivity index is 0.000001000. The quantitative estimate of drug-likeness (QED) is 0.610. The summed E-state index contributed by atoms with van der Waals surface area (Å²) in [5, 5.41) is 0.354. The van der Waals surface area contributed by atoms with Crippen molar-refractivity contribution in [2.45, 2.75) is 0 Å². The molecule has 0 fully saturated rings. The van der Waals surface area contributed by atoms with Gasteiger partial charge in [0.2, 0.25) is 0 Å². The van der Waals surface area contributed by atoms with Crippen LogP contribution in [0.3, 0.4) is 0 Å². The molecule has 0 saturated heterocycles. The van der Waals surface area contributed by atoms with E-state index in [1.807, 2.05) is 0 Å². The molecule has 3 nitrogen and oxygen atoms in total. The Bertz CT molecular complexity index is 246. The number of carbonyl (C=O) groups excluding carboxylic acids is 1. The molecular formula is C6H8Br2N2O. The van der Waals surface area contributed by atoms with Crippen LogP contribution in [-0.4, -0.2) is 20.7 Å².